The molecule has 2 aromatic carbocycles. The molecule has 1 aliphatic heterocycles. The van der Waals surface area contributed by atoms with Gasteiger partial charge in [0.25, 0.3) is 11.7 Å². The van der Waals surface area contributed by atoms with Crippen molar-refractivity contribution < 1.29 is 19.2 Å². The molecule has 3 aromatic rings. The highest BCUT2D eigenvalue weighted by Gasteiger charge is 2.35. The van der Waals surface area contributed by atoms with E-state index in [1.165, 1.54) is 24.3 Å². The highest BCUT2D eigenvalue weighted by molar-refractivity contribution is 5.73. The second kappa shape index (κ2) is 5.63. The maximum Gasteiger partial charge on any atom is 0.294 e. The Morgan fingerprint density at radius 1 is 1.15 bits per heavy atom. The number of nitrogen functional groups attached to an aromatic ring is 2. The van der Waals surface area contributed by atoms with Gasteiger partial charge >= 0.3 is 0 Å². The van der Waals surface area contributed by atoms with Crippen LogP contribution in [0.1, 0.15) is 28.2 Å². The van der Waals surface area contributed by atoms with Gasteiger partial charge in [-0.25, -0.2) is 9.37 Å². The monoisotopic (exact) mass is 349 g/mol. The van der Waals surface area contributed by atoms with Gasteiger partial charge in [0.2, 0.25) is 0 Å². The van der Waals surface area contributed by atoms with Gasteiger partial charge in [0.05, 0.1) is 11.3 Å². The Hall–Kier alpha value is -3.79. The Labute approximate surface area is 148 Å². The Morgan fingerprint density at radius 2 is 1.88 bits per heavy atom. The van der Waals surface area contributed by atoms with Crippen LogP contribution in [0.4, 0.5) is 15.9 Å². The molecule has 0 radical (unpaired) electrons. The minimum atomic E-state index is -0.418. The van der Waals surface area contributed by atoms with Gasteiger partial charge in [-0.05, 0) is 23.8 Å². The van der Waals surface area contributed by atoms with E-state index in [-0.39, 0.29) is 34.5 Å². The molecule has 0 bridgehead atoms. The number of rotatable bonds is 1. The first kappa shape index (κ1) is 15.7. The third-order valence-electron chi connectivity index (χ3n) is 4.45. The number of aromatic hydroxyl groups is 1. The van der Waals surface area contributed by atoms with Gasteiger partial charge < -0.3 is 15.6 Å². The fraction of sp³-hybridized carbons (Fsp3) is 0.0526. The lowest BCUT2D eigenvalue weighted by molar-refractivity contribution is -0.375. The largest absolute Gasteiger partial charge is 0.508 e. The molecule has 128 valence electrons. The number of halogens is 1. The molecule has 26 heavy (non-hydrogen) atoms. The van der Waals surface area contributed by atoms with Crippen molar-refractivity contribution in [2.75, 3.05) is 11.5 Å². The van der Waals surface area contributed by atoms with Crippen LogP contribution in [0.5, 0.6) is 17.4 Å². The highest BCUT2D eigenvalue weighted by Crippen LogP contribution is 2.49. The van der Waals surface area contributed by atoms with Crippen molar-refractivity contribution in [1.29, 1.82) is 5.26 Å². The first-order chi connectivity index (χ1) is 12.5. The molecule has 0 amide bonds. The van der Waals surface area contributed by atoms with Crippen molar-refractivity contribution >= 4 is 11.5 Å². The lowest BCUT2D eigenvalue weighted by Gasteiger charge is -2.28. The molecule has 2 heterocycles. The number of hydrogen-bond donors (Lipinski definition) is 3. The van der Waals surface area contributed by atoms with E-state index < -0.39 is 5.92 Å². The predicted octanol–water partition coefficient (Wildman–Crippen LogP) is 2.67. The number of fused-ring (bicyclic) bond motifs is 2. The van der Waals surface area contributed by atoms with Crippen LogP contribution in [0.15, 0.2) is 42.5 Å². The van der Waals surface area contributed by atoms with Crippen molar-refractivity contribution in [1.82, 2.24) is 0 Å². The molecule has 7 heteroatoms. The van der Waals surface area contributed by atoms with Gasteiger partial charge in [0.1, 0.15) is 23.4 Å². The summed E-state index contributed by atoms with van der Waals surface area (Å²) in [4.78, 5) is 2.86. The number of aromatic nitrogens is 1. The topological polar surface area (TPSA) is 119 Å². The van der Waals surface area contributed by atoms with Gasteiger partial charge in [-0.3, -0.25) is 5.73 Å². The van der Waals surface area contributed by atoms with Crippen molar-refractivity contribution in [2.45, 2.75) is 5.92 Å². The zero-order chi connectivity index (χ0) is 18.4. The van der Waals surface area contributed by atoms with E-state index in [9.17, 15) is 14.8 Å². The summed E-state index contributed by atoms with van der Waals surface area (Å²) in [6.07, 6.45) is 0. The molecule has 0 spiro atoms. The van der Waals surface area contributed by atoms with Crippen LogP contribution in [0.25, 0.3) is 0 Å². The molecule has 6 nitrogen and oxygen atoms in total. The molecule has 4 rings (SSSR count). The van der Waals surface area contributed by atoms with Crippen LogP contribution in [0.2, 0.25) is 0 Å². The Balaban J connectivity index is 2.04. The summed E-state index contributed by atoms with van der Waals surface area (Å²) in [6.45, 7) is 0. The number of anilines is 2. The molecular formula is C19H14FN4O2+. The normalized spacial score (nSPS) is 14.7. The van der Waals surface area contributed by atoms with Crippen LogP contribution in [-0.4, -0.2) is 5.11 Å². The molecule has 1 atom stereocenters. The molecule has 0 saturated carbocycles. The number of H-pyrrole nitrogens is 1. The van der Waals surface area contributed by atoms with Crippen LogP contribution < -0.4 is 21.2 Å². The molecular weight excluding hydrogens is 335 g/mol. The van der Waals surface area contributed by atoms with Crippen molar-refractivity contribution in [3.63, 3.8) is 0 Å². The third-order valence-corrected chi connectivity index (χ3v) is 4.45. The number of nitrogens with two attached hydrogens (primary N) is 2. The number of nitriles is 1. The summed E-state index contributed by atoms with van der Waals surface area (Å²) in [6, 6.07) is 12.7. The number of nitrogens with one attached hydrogen (secondary N) is 1. The number of ether oxygens (including phenoxy) is 1. The minimum Gasteiger partial charge on any atom is -0.508 e. The maximum absolute atomic E-state index is 13.4. The second-order valence-corrected chi connectivity index (χ2v) is 5.99. The second-order valence-electron chi connectivity index (χ2n) is 5.99. The van der Waals surface area contributed by atoms with E-state index in [4.69, 9.17) is 16.2 Å². The fourth-order valence-corrected chi connectivity index (χ4v) is 3.26. The number of phenols is 1. The smallest absolute Gasteiger partial charge is 0.294 e. The summed E-state index contributed by atoms with van der Waals surface area (Å²) in [5.74, 6) is 0.0586. The lowest BCUT2D eigenvalue weighted by atomic mass is 9.82. The SMILES string of the molecule is N#Cc1c(N)[nH+]c2c(c1N)[C@H](c1ccc(F)cc1)c1ccc(O)cc1O2. The van der Waals surface area contributed by atoms with Crippen molar-refractivity contribution in [3.8, 4) is 23.4 Å². The minimum absolute atomic E-state index is 0.0413. The number of aromatic amines is 1. The molecule has 6 N–H and O–H groups in total. The maximum atomic E-state index is 13.4. The Kier molecular flexibility index (Phi) is 3.41. The van der Waals surface area contributed by atoms with E-state index in [1.807, 2.05) is 6.07 Å². The van der Waals surface area contributed by atoms with Crippen LogP contribution in [-0.2, 0) is 0 Å². The zero-order valence-corrected chi connectivity index (χ0v) is 13.5. The summed E-state index contributed by atoms with van der Waals surface area (Å²) < 4.78 is 19.2. The number of benzene rings is 2. The first-order valence-corrected chi connectivity index (χ1v) is 7.80. The Bertz CT molecular complexity index is 1070. The van der Waals surface area contributed by atoms with Gasteiger partial charge in [-0.15, -0.1) is 0 Å². The zero-order valence-electron chi connectivity index (χ0n) is 13.5. The molecule has 0 aliphatic carbocycles. The van der Waals surface area contributed by atoms with Gasteiger partial charge in [0.15, 0.2) is 5.56 Å². The number of hydrogen-bond acceptors (Lipinski definition) is 5. The van der Waals surface area contributed by atoms with E-state index in [0.29, 0.717) is 11.3 Å². The average molecular weight is 349 g/mol. The summed E-state index contributed by atoms with van der Waals surface area (Å²) in [5.41, 5.74) is 14.5. The molecule has 0 fully saturated rings. The highest BCUT2D eigenvalue weighted by atomic mass is 19.1. The lowest BCUT2D eigenvalue weighted by Crippen LogP contribution is -2.25. The molecule has 0 saturated heterocycles. The van der Waals surface area contributed by atoms with E-state index in [0.717, 1.165) is 11.1 Å². The third kappa shape index (κ3) is 2.28. The van der Waals surface area contributed by atoms with Gasteiger partial charge in [0, 0.05) is 17.5 Å². The van der Waals surface area contributed by atoms with Crippen LogP contribution in [0, 0.1) is 17.1 Å². The van der Waals surface area contributed by atoms with Crippen LogP contribution >= 0.6 is 0 Å². The molecule has 1 aromatic heterocycles. The van der Waals surface area contributed by atoms with Gasteiger partial charge in [-0.2, -0.15) is 5.26 Å². The average Bonchev–Trinajstić information content (AvgIpc) is 2.61. The quantitative estimate of drug-likeness (QED) is 0.488. The van der Waals surface area contributed by atoms with Crippen molar-refractivity contribution in [3.05, 3.63) is 70.5 Å². The predicted molar refractivity (Wildman–Crippen MR) is 92.1 cm³/mol. The Morgan fingerprint density at radius 3 is 2.58 bits per heavy atom. The first-order valence-electron chi connectivity index (χ1n) is 7.80. The molecule has 0 unspecified atom stereocenters. The molecule has 1 aliphatic rings. The number of pyridine rings is 1. The number of nitrogens with zero attached hydrogens (tertiary/aromatic N) is 1. The standard InChI is InChI=1S/C19H13FN4O2/c20-10-3-1-9(2-4-10)15-12-6-5-11(25)7-14(12)26-19-16(15)17(22)13(8-21)18(23)24-19/h1-7,15,25H,(H4,22,23,24)/p+1/t15-/m1/s1. The van der Waals surface area contributed by atoms with Crippen LogP contribution in [0.3, 0.4) is 0 Å². The van der Waals surface area contributed by atoms with E-state index in [1.54, 1.807) is 18.2 Å². The summed E-state index contributed by atoms with van der Waals surface area (Å²) in [5, 5.41) is 19.2. The summed E-state index contributed by atoms with van der Waals surface area (Å²) in [7, 11) is 0. The summed E-state index contributed by atoms with van der Waals surface area (Å²) >= 11 is 0. The van der Waals surface area contributed by atoms with Crippen molar-refractivity contribution in [2.24, 2.45) is 0 Å². The van der Waals surface area contributed by atoms with E-state index in [2.05, 4.69) is 4.98 Å². The number of phenolic OH excluding ortho intramolecular Hbond substituents is 1. The van der Waals surface area contributed by atoms with E-state index >= 15 is 0 Å². The van der Waals surface area contributed by atoms with Gasteiger partial charge in [-0.1, -0.05) is 18.2 Å². The fourth-order valence-electron chi connectivity index (χ4n) is 3.26.